The van der Waals surface area contributed by atoms with Crippen molar-refractivity contribution in [1.82, 2.24) is 15.5 Å². The molecular weight excluding hydrogens is 230 g/mol. The fourth-order valence-electron chi connectivity index (χ4n) is 2.36. The summed E-state index contributed by atoms with van der Waals surface area (Å²) < 4.78 is 5.66. The normalized spacial score (nSPS) is 25.0. The third kappa shape index (κ3) is 2.90. The number of H-pyrrole nitrogens is 1. The zero-order valence-corrected chi connectivity index (χ0v) is 11.0. The number of hydrogen-bond acceptors (Lipinski definition) is 3. The first-order valence-corrected chi connectivity index (χ1v) is 6.63. The molecule has 1 aliphatic rings. The van der Waals surface area contributed by atoms with E-state index in [0.29, 0.717) is 6.61 Å². The van der Waals surface area contributed by atoms with Crippen LogP contribution in [0.1, 0.15) is 44.9 Å². The maximum atomic E-state index is 12.0. The number of nitrogens with zero attached hydrogens (tertiary/aromatic N) is 1. The van der Waals surface area contributed by atoms with Crippen molar-refractivity contribution in [3.05, 3.63) is 18.0 Å². The Hall–Kier alpha value is -1.36. The van der Waals surface area contributed by atoms with Crippen LogP contribution < -0.4 is 5.32 Å². The minimum absolute atomic E-state index is 0.0530. The number of carbonyl (C=O) groups excluding carboxylic acids is 1. The summed E-state index contributed by atoms with van der Waals surface area (Å²) in [4.78, 5) is 12.0. The van der Waals surface area contributed by atoms with Crippen molar-refractivity contribution in [1.29, 1.82) is 0 Å². The first-order valence-electron chi connectivity index (χ1n) is 6.63. The number of aromatic nitrogens is 2. The van der Waals surface area contributed by atoms with Crippen LogP contribution in [-0.2, 0) is 9.53 Å². The van der Waals surface area contributed by atoms with Crippen LogP contribution in [0.15, 0.2) is 12.3 Å². The first kappa shape index (κ1) is 13.1. The summed E-state index contributed by atoms with van der Waals surface area (Å²) in [6.07, 6.45) is 4.42. The molecule has 1 aliphatic heterocycles. The van der Waals surface area contributed by atoms with Gasteiger partial charge in [-0.05, 0) is 18.9 Å². The number of amides is 1. The van der Waals surface area contributed by atoms with Crippen molar-refractivity contribution in [2.75, 3.05) is 6.61 Å². The Morgan fingerprint density at radius 2 is 2.56 bits per heavy atom. The van der Waals surface area contributed by atoms with E-state index >= 15 is 0 Å². The van der Waals surface area contributed by atoms with E-state index in [1.54, 1.807) is 6.20 Å². The molecule has 0 saturated carbocycles. The Morgan fingerprint density at radius 3 is 3.22 bits per heavy atom. The van der Waals surface area contributed by atoms with Gasteiger partial charge in [-0.2, -0.15) is 5.10 Å². The first-order chi connectivity index (χ1) is 8.72. The number of aromatic amines is 1. The summed E-state index contributed by atoms with van der Waals surface area (Å²) in [6, 6.07) is 1.95. The molecule has 0 radical (unpaired) electrons. The highest BCUT2D eigenvalue weighted by molar-refractivity contribution is 5.78. The Morgan fingerprint density at radius 1 is 1.72 bits per heavy atom. The molecule has 1 fully saturated rings. The van der Waals surface area contributed by atoms with Crippen LogP contribution in [0.5, 0.6) is 0 Å². The molecular formula is C13H21N3O2. The van der Waals surface area contributed by atoms with Gasteiger partial charge in [-0.3, -0.25) is 9.89 Å². The van der Waals surface area contributed by atoms with Crippen LogP contribution in [0.2, 0.25) is 0 Å². The van der Waals surface area contributed by atoms with Crippen LogP contribution in [0.25, 0.3) is 0 Å². The molecule has 0 spiro atoms. The average Bonchev–Trinajstić information content (AvgIpc) is 2.98. The van der Waals surface area contributed by atoms with E-state index < -0.39 is 0 Å². The van der Waals surface area contributed by atoms with Crippen molar-refractivity contribution >= 4 is 5.91 Å². The van der Waals surface area contributed by atoms with Gasteiger partial charge >= 0.3 is 0 Å². The highest BCUT2D eigenvalue weighted by atomic mass is 16.5. The fraction of sp³-hybridized carbons (Fsp3) is 0.692. The second-order valence-electron chi connectivity index (χ2n) is 4.90. The zero-order valence-electron chi connectivity index (χ0n) is 11.0. The van der Waals surface area contributed by atoms with Crippen molar-refractivity contribution in [2.24, 2.45) is 5.92 Å². The number of nitrogens with one attached hydrogen (secondary N) is 2. The van der Waals surface area contributed by atoms with E-state index in [0.717, 1.165) is 25.0 Å². The van der Waals surface area contributed by atoms with E-state index in [2.05, 4.69) is 22.4 Å². The molecule has 1 unspecified atom stereocenters. The minimum atomic E-state index is -0.0923. The molecule has 18 heavy (non-hydrogen) atoms. The van der Waals surface area contributed by atoms with Gasteiger partial charge in [0.15, 0.2) is 0 Å². The second kappa shape index (κ2) is 6.00. The van der Waals surface area contributed by atoms with E-state index in [4.69, 9.17) is 4.74 Å². The maximum absolute atomic E-state index is 12.0. The molecule has 3 atom stereocenters. The smallest absolute Gasteiger partial charge is 0.223 e. The van der Waals surface area contributed by atoms with Crippen LogP contribution in [-0.4, -0.2) is 28.8 Å². The van der Waals surface area contributed by atoms with Gasteiger partial charge in [0.2, 0.25) is 5.91 Å². The number of carbonyl (C=O) groups is 1. The van der Waals surface area contributed by atoms with Gasteiger partial charge in [-0.15, -0.1) is 0 Å². The SMILES string of the molecule is CCCC(C)C(=O)N[C@H]1CCO[C@@H]1c1ccn[nH]1. The second-order valence-corrected chi connectivity index (χ2v) is 4.90. The van der Waals surface area contributed by atoms with Crippen molar-refractivity contribution in [3.8, 4) is 0 Å². The van der Waals surface area contributed by atoms with Gasteiger partial charge in [-0.25, -0.2) is 0 Å². The third-order valence-electron chi connectivity index (χ3n) is 3.42. The Labute approximate surface area is 107 Å². The summed E-state index contributed by atoms with van der Waals surface area (Å²) >= 11 is 0. The number of rotatable bonds is 5. The molecule has 2 heterocycles. The predicted molar refractivity (Wildman–Crippen MR) is 67.9 cm³/mol. The molecule has 1 aromatic rings. The lowest BCUT2D eigenvalue weighted by molar-refractivity contribution is -0.125. The summed E-state index contributed by atoms with van der Waals surface area (Å²) in [5.74, 6) is 0.190. The Bertz CT molecular complexity index is 378. The van der Waals surface area contributed by atoms with E-state index in [-0.39, 0.29) is 24.0 Å². The highest BCUT2D eigenvalue weighted by Gasteiger charge is 2.32. The lowest BCUT2D eigenvalue weighted by atomic mass is 10.0. The summed E-state index contributed by atoms with van der Waals surface area (Å²) in [7, 11) is 0. The van der Waals surface area contributed by atoms with E-state index in [1.807, 2.05) is 13.0 Å². The molecule has 1 amide bonds. The van der Waals surface area contributed by atoms with Crippen LogP contribution in [0.4, 0.5) is 0 Å². The third-order valence-corrected chi connectivity index (χ3v) is 3.42. The van der Waals surface area contributed by atoms with Crippen LogP contribution in [0, 0.1) is 5.92 Å². The van der Waals surface area contributed by atoms with Crippen molar-refractivity contribution in [3.63, 3.8) is 0 Å². The van der Waals surface area contributed by atoms with Gasteiger partial charge in [0, 0.05) is 18.7 Å². The molecule has 2 rings (SSSR count). The molecule has 0 aliphatic carbocycles. The zero-order chi connectivity index (χ0) is 13.0. The van der Waals surface area contributed by atoms with E-state index in [9.17, 15) is 4.79 Å². The van der Waals surface area contributed by atoms with Gasteiger partial charge in [-0.1, -0.05) is 20.3 Å². The van der Waals surface area contributed by atoms with Gasteiger partial charge in [0.1, 0.15) is 6.10 Å². The lowest BCUT2D eigenvalue weighted by Gasteiger charge is -2.20. The fourth-order valence-corrected chi connectivity index (χ4v) is 2.36. The molecule has 1 saturated heterocycles. The monoisotopic (exact) mass is 251 g/mol. The summed E-state index contributed by atoms with van der Waals surface area (Å²) in [5.41, 5.74) is 0.931. The molecule has 1 aromatic heterocycles. The lowest BCUT2D eigenvalue weighted by Crippen LogP contribution is -2.39. The standard InChI is InChI=1S/C13H21N3O2/c1-3-4-9(2)13(17)15-10-6-8-18-12(10)11-5-7-14-16-11/h5,7,9-10,12H,3-4,6,8H2,1-2H3,(H,14,16)(H,15,17)/t9?,10-,12-/m0/s1. The Balaban J connectivity index is 1.94. The summed E-state index contributed by atoms with van der Waals surface area (Å²) in [5, 5.41) is 9.93. The largest absolute Gasteiger partial charge is 0.370 e. The minimum Gasteiger partial charge on any atom is -0.370 e. The number of hydrogen-bond donors (Lipinski definition) is 2. The van der Waals surface area contributed by atoms with Crippen LogP contribution >= 0.6 is 0 Å². The van der Waals surface area contributed by atoms with Crippen LogP contribution in [0.3, 0.4) is 0 Å². The number of ether oxygens (including phenoxy) is 1. The van der Waals surface area contributed by atoms with Gasteiger partial charge in [0.25, 0.3) is 0 Å². The molecule has 100 valence electrons. The average molecular weight is 251 g/mol. The predicted octanol–water partition coefficient (Wildman–Crippen LogP) is 1.79. The molecule has 5 heteroatoms. The van der Waals surface area contributed by atoms with E-state index in [1.165, 1.54) is 0 Å². The van der Waals surface area contributed by atoms with Crippen molar-refractivity contribution < 1.29 is 9.53 Å². The molecule has 0 aromatic carbocycles. The molecule has 2 N–H and O–H groups in total. The highest BCUT2D eigenvalue weighted by Crippen LogP contribution is 2.27. The topological polar surface area (TPSA) is 67.0 Å². The van der Waals surface area contributed by atoms with Gasteiger partial charge < -0.3 is 10.1 Å². The molecule has 0 bridgehead atoms. The van der Waals surface area contributed by atoms with Gasteiger partial charge in [0.05, 0.1) is 11.7 Å². The van der Waals surface area contributed by atoms with Crippen molar-refractivity contribution in [2.45, 2.75) is 45.3 Å². The Kier molecular flexibility index (Phi) is 4.36. The maximum Gasteiger partial charge on any atom is 0.223 e. The summed E-state index contributed by atoms with van der Waals surface area (Å²) in [6.45, 7) is 4.74. The molecule has 5 nitrogen and oxygen atoms in total. The quantitative estimate of drug-likeness (QED) is 0.838.